The minimum atomic E-state index is 0.844. The van der Waals surface area contributed by atoms with Gasteiger partial charge in [-0.2, -0.15) is 0 Å². The first-order chi connectivity index (χ1) is 33.7. The maximum Gasteiger partial charge on any atom is 0.162 e. The lowest BCUT2D eigenvalue weighted by molar-refractivity contribution is 1.03. The van der Waals surface area contributed by atoms with E-state index in [2.05, 4.69) is 245 Å². The fraction of sp³-hybridized carbons (Fsp3) is 0. The van der Waals surface area contributed by atoms with Crippen molar-refractivity contribution >= 4 is 43.6 Å². The van der Waals surface area contributed by atoms with Crippen LogP contribution in [0.2, 0.25) is 0 Å². The summed E-state index contributed by atoms with van der Waals surface area (Å²) in [7, 11) is 0. The molecule has 0 aliphatic carbocycles. The van der Waals surface area contributed by atoms with Gasteiger partial charge in [0.15, 0.2) is 5.82 Å². The molecule has 0 atom stereocenters. The summed E-state index contributed by atoms with van der Waals surface area (Å²) in [5.41, 5.74) is 19.1. The molecule has 13 rings (SSSR count). The lowest BCUT2D eigenvalue weighted by Gasteiger charge is -2.20. The first-order valence-corrected chi connectivity index (χ1v) is 23.1. The second-order valence-electron chi connectivity index (χ2n) is 17.4. The Bertz CT molecular complexity index is 3780. The van der Waals surface area contributed by atoms with Crippen molar-refractivity contribution in [1.29, 1.82) is 0 Å². The van der Waals surface area contributed by atoms with Crippen molar-refractivity contribution in [2.75, 3.05) is 0 Å². The Morgan fingerprint density at radius 1 is 0.265 bits per heavy atom. The summed E-state index contributed by atoms with van der Waals surface area (Å²) >= 11 is 0. The van der Waals surface area contributed by atoms with Crippen LogP contribution >= 0.6 is 0 Å². The zero-order valence-electron chi connectivity index (χ0n) is 37.0. The topological polar surface area (TPSA) is 35.6 Å². The molecule has 0 saturated carbocycles. The van der Waals surface area contributed by atoms with Gasteiger partial charge >= 0.3 is 0 Å². The van der Waals surface area contributed by atoms with Crippen LogP contribution in [0, 0.1) is 0 Å². The Hall–Kier alpha value is -9.12. The Kier molecular flexibility index (Phi) is 9.47. The minimum Gasteiger partial charge on any atom is -0.305 e. The molecule has 0 unspecified atom stereocenters. The molecule has 0 saturated heterocycles. The molecule has 4 heterocycles. The number of aromatic nitrogens is 4. The molecular weight excluding hydrogens is 825 g/mol. The maximum atomic E-state index is 5.47. The maximum absolute atomic E-state index is 5.47. The van der Waals surface area contributed by atoms with E-state index >= 15 is 0 Å². The molecule has 0 aliphatic heterocycles. The lowest BCUT2D eigenvalue weighted by atomic mass is 10.00. The van der Waals surface area contributed by atoms with Crippen LogP contribution in [0.3, 0.4) is 0 Å². The van der Waals surface area contributed by atoms with E-state index in [1.807, 2.05) is 24.7 Å². The van der Waals surface area contributed by atoms with Crippen LogP contribution in [0.5, 0.6) is 0 Å². The van der Waals surface area contributed by atoms with Gasteiger partial charge in [-0.3, -0.25) is 9.55 Å². The molecular formula is C64H42N4. The number of hydrogen-bond acceptors (Lipinski definition) is 2. The standard InChI is InChI=1S/C64H42N4/c1-5-14-43(15-6-1)49-27-31-59-55(38-49)56-39-50(44-16-7-2-8-17-44)28-32-60(56)67(59)63-54(48-25-23-47(24-26-48)53-22-13-36-65-42-53)35-37-66-64(63)68-61-33-29-51(45-18-9-3-10-19-45)40-57(61)58-41-52(30-34-62(58)68)46-20-11-4-12-21-46/h1-42H. The van der Waals surface area contributed by atoms with E-state index in [0.717, 1.165) is 55.8 Å². The second kappa shape index (κ2) is 16.4. The van der Waals surface area contributed by atoms with Gasteiger partial charge in [-0.15, -0.1) is 0 Å². The SMILES string of the molecule is c1ccc(-c2ccc3c(c2)c2cc(-c4ccccc4)ccc2n3-c2nccc(-c3ccc(-c4cccnc4)cc3)c2-n2c3ccc(-c4ccccc4)cc3c3cc(-c4ccccc4)ccc32)cc1. The predicted molar refractivity (Wildman–Crippen MR) is 283 cm³/mol. The number of fused-ring (bicyclic) bond motifs is 6. The van der Waals surface area contributed by atoms with Gasteiger partial charge < -0.3 is 4.57 Å². The quantitative estimate of drug-likeness (QED) is 0.153. The summed E-state index contributed by atoms with van der Waals surface area (Å²) in [5.74, 6) is 0.844. The van der Waals surface area contributed by atoms with E-state index in [1.54, 1.807) is 0 Å². The van der Waals surface area contributed by atoms with Gasteiger partial charge in [-0.1, -0.05) is 176 Å². The van der Waals surface area contributed by atoms with E-state index in [9.17, 15) is 0 Å². The fourth-order valence-corrected chi connectivity index (χ4v) is 10.2. The fourth-order valence-electron chi connectivity index (χ4n) is 10.2. The van der Waals surface area contributed by atoms with Gasteiger partial charge in [0.2, 0.25) is 0 Å². The Labute approximate surface area is 394 Å². The predicted octanol–water partition coefficient (Wildman–Crippen LogP) is 16.7. The van der Waals surface area contributed by atoms with Gasteiger partial charge in [0.25, 0.3) is 0 Å². The molecule has 4 nitrogen and oxygen atoms in total. The summed E-state index contributed by atoms with van der Waals surface area (Å²) in [5, 5.41) is 4.68. The zero-order chi connectivity index (χ0) is 45.0. The summed E-state index contributed by atoms with van der Waals surface area (Å²) in [6, 6.07) is 85.5. The monoisotopic (exact) mass is 866 g/mol. The van der Waals surface area contributed by atoms with Crippen molar-refractivity contribution in [3.05, 3.63) is 255 Å². The van der Waals surface area contributed by atoms with Gasteiger partial charge in [0, 0.05) is 45.7 Å². The molecule has 4 heteroatoms. The molecule has 9 aromatic carbocycles. The van der Waals surface area contributed by atoms with Crippen LogP contribution in [0.15, 0.2) is 255 Å². The largest absolute Gasteiger partial charge is 0.305 e. The molecule has 0 bridgehead atoms. The van der Waals surface area contributed by atoms with Crippen molar-refractivity contribution in [3.8, 4) is 78.3 Å². The smallest absolute Gasteiger partial charge is 0.162 e. The molecule has 0 N–H and O–H groups in total. The van der Waals surface area contributed by atoms with Crippen molar-refractivity contribution in [2.24, 2.45) is 0 Å². The molecule has 13 aromatic rings. The van der Waals surface area contributed by atoms with Gasteiger partial charge in [-0.25, -0.2) is 4.98 Å². The normalized spacial score (nSPS) is 11.5. The molecule has 4 aromatic heterocycles. The third-order valence-electron chi connectivity index (χ3n) is 13.5. The van der Waals surface area contributed by atoms with Crippen molar-refractivity contribution < 1.29 is 0 Å². The lowest BCUT2D eigenvalue weighted by Crippen LogP contribution is -2.08. The average molecular weight is 867 g/mol. The first kappa shape index (κ1) is 39.3. The number of benzene rings is 9. The van der Waals surface area contributed by atoms with Crippen LogP contribution < -0.4 is 0 Å². The zero-order valence-corrected chi connectivity index (χ0v) is 37.0. The first-order valence-electron chi connectivity index (χ1n) is 23.1. The highest BCUT2D eigenvalue weighted by Crippen LogP contribution is 2.44. The van der Waals surface area contributed by atoms with E-state index in [4.69, 9.17) is 4.98 Å². The number of nitrogens with zero attached hydrogens (tertiary/aromatic N) is 4. The Balaban J connectivity index is 1.13. The van der Waals surface area contributed by atoms with Crippen LogP contribution in [-0.2, 0) is 0 Å². The summed E-state index contributed by atoms with van der Waals surface area (Å²) in [4.78, 5) is 9.89. The van der Waals surface area contributed by atoms with E-state index in [-0.39, 0.29) is 0 Å². The van der Waals surface area contributed by atoms with Crippen molar-refractivity contribution in [2.45, 2.75) is 0 Å². The van der Waals surface area contributed by atoms with E-state index in [1.165, 1.54) is 66.1 Å². The Morgan fingerprint density at radius 2 is 0.618 bits per heavy atom. The van der Waals surface area contributed by atoms with Crippen LogP contribution in [0.1, 0.15) is 0 Å². The highest BCUT2D eigenvalue weighted by Gasteiger charge is 2.25. The highest BCUT2D eigenvalue weighted by atomic mass is 15.1. The molecule has 0 spiro atoms. The van der Waals surface area contributed by atoms with Gasteiger partial charge in [0.05, 0.1) is 27.8 Å². The second-order valence-corrected chi connectivity index (χ2v) is 17.4. The third kappa shape index (κ3) is 6.69. The molecule has 318 valence electrons. The van der Waals surface area contributed by atoms with Crippen molar-refractivity contribution in [3.63, 3.8) is 0 Å². The molecule has 68 heavy (non-hydrogen) atoms. The van der Waals surface area contributed by atoms with Crippen molar-refractivity contribution in [1.82, 2.24) is 19.1 Å². The third-order valence-corrected chi connectivity index (χ3v) is 13.5. The molecule has 0 radical (unpaired) electrons. The summed E-state index contributed by atoms with van der Waals surface area (Å²) in [6.07, 6.45) is 5.72. The molecule has 0 aliphatic rings. The molecule has 0 amide bonds. The minimum absolute atomic E-state index is 0.844. The van der Waals surface area contributed by atoms with E-state index < -0.39 is 0 Å². The van der Waals surface area contributed by atoms with Crippen LogP contribution in [-0.4, -0.2) is 19.1 Å². The van der Waals surface area contributed by atoms with Crippen LogP contribution in [0.4, 0.5) is 0 Å². The summed E-state index contributed by atoms with van der Waals surface area (Å²) in [6.45, 7) is 0. The Morgan fingerprint density at radius 3 is 1.01 bits per heavy atom. The molecule has 0 fully saturated rings. The number of rotatable bonds is 8. The average Bonchev–Trinajstić information content (AvgIpc) is 3.93. The van der Waals surface area contributed by atoms with Crippen LogP contribution in [0.25, 0.3) is 122 Å². The number of pyridine rings is 2. The summed E-state index contributed by atoms with van der Waals surface area (Å²) < 4.78 is 4.86. The van der Waals surface area contributed by atoms with Gasteiger partial charge in [-0.05, 0) is 122 Å². The van der Waals surface area contributed by atoms with E-state index in [0.29, 0.717) is 0 Å². The number of hydrogen-bond donors (Lipinski definition) is 0. The highest BCUT2D eigenvalue weighted by molar-refractivity contribution is 6.14. The van der Waals surface area contributed by atoms with Gasteiger partial charge in [0.1, 0.15) is 0 Å².